The summed E-state index contributed by atoms with van der Waals surface area (Å²) in [5.41, 5.74) is 2.29. The molecule has 0 spiro atoms. The Morgan fingerprint density at radius 3 is 2.42 bits per heavy atom. The summed E-state index contributed by atoms with van der Waals surface area (Å²) >= 11 is 1.73. The summed E-state index contributed by atoms with van der Waals surface area (Å²) in [7, 11) is 0. The summed E-state index contributed by atoms with van der Waals surface area (Å²) in [6, 6.07) is 19.0. The summed E-state index contributed by atoms with van der Waals surface area (Å²) in [6.45, 7) is 4.61. The molecule has 0 atom stereocenters. The number of amides is 1. The van der Waals surface area contributed by atoms with Crippen molar-refractivity contribution in [3.05, 3.63) is 88.4 Å². The molecule has 5 heteroatoms. The fourth-order valence-corrected chi connectivity index (χ4v) is 5.36. The van der Waals surface area contributed by atoms with Crippen LogP contribution in [-0.4, -0.2) is 30.4 Å². The minimum absolute atomic E-state index is 0.0410. The van der Waals surface area contributed by atoms with Gasteiger partial charge in [0, 0.05) is 26.1 Å². The highest BCUT2D eigenvalue weighted by atomic mass is 32.1. The number of anilines is 1. The second kappa shape index (κ2) is 9.75. The molecule has 4 rings (SSSR count). The van der Waals surface area contributed by atoms with Crippen molar-refractivity contribution in [3.63, 3.8) is 0 Å². The van der Waals surface area contributed by atoms with E-state index in [-0.39, 0.29) is 11.7 Å². The van der Waals surface area contributed by atoms with Crippen molar-refractivity contribution in [2.75, 3.05) is 24.5 Å². The van der Waals surface area contributed by atoms with Gasteiger partial charge in [-0.3, -0.25) is 9.69 Å². The number of benzene rings is 2. The van der Waals surface area contributed by atoms with Crippen LogP contribution in [0, 0.1) is 5.82 Å². The highest BCUT2D eigenvalue weighted by molar-refractivity contribution is 7.07. The standard InChI is InChI=1S/C26H29FN2OS/c1-2-25(30)29(24-11-7-6-10-23(24)27)26(22-8-4-3-5-9-22)14-17-28(18-15-26)16-12-21-13-19-31-20-21/h3-11,13,19-20H,2,12,14-18H2,1H3. The molecule has 1 aromatic heterocycles. The quantitative estimate of drug-likeness (QED) is 0.463. The van der Waals surface area contributed by atoms with Gasteiger partial charge in [0.25, 0.3) is 0 Å². The number of nitrogens with zero attached hydrogens (tertiary/aromatic N) is 2. The van der Waals surface area contributed by atoms with E-state index in [9.17, 15) is 9.18 Å². The molecule has 3 aromatic rings. The van der Waals surface area contributed by atoms with Crippen molar-refractivity contribution in [1.82, 2.24) is 4.90 Å². The highest BCUT2D eigenvalue weighted by Gasteiger charge is 2.44. The molecule has 0 N–H and O–H groups in total. The number of piperidine rings is 1. The second-order valence-corrected chi connectivity index (χ2v) is 8.93. The predicted octanol–water partition coefficient (Wildman–Crippen LogP) is 5.86. The second-order valence-electron chi connectivity index (χ2n) is 8.15. The molecule has 162 valence electrons. The van der Waals surface area contributed by atoms with E-state index in [1.165, 1.54) is 11.6 Å². The van der Waals surface area contributed by atoms with Gasteiger partial charge in [-0.2, -0.15) is 11.3 Å². The summed E-state index contributed by atoms with van der Waals surface area (Å²) < 4.78 is 14.9. The van der Waals surface area contributed by atoms with Crippen molar-refractivity contribution in [3.8, 4) is 0 Å². The van der Waals surface area contributed by atoms with Crippen LogP contribution in [-0.2, 0) is 16.8 Å². The van der Waals surface area contributed by atoms with Gasteiger partial charge >= 0.3 is 0 Å². The van der Waals surface area contributed by atoms with E-state index in [1.807, 2.05) is 31.2 Å². The fraction of sp³-hybridized carbons (Fsp3) is 0.346. The lowest BCUT2D eigenvalue weighted by Crippen LogP contribution is -2.56. The molecule has 0 bridgehead atoms. The molecule has 31 heavy (non-hydrogen) atoms. The van der Waals surface area contributed by atoms with Gasteiger partial charge in [-0.05, 0) is 59.3 Å². The molecule has 1 amide bonds. The van der Waals surface area contributed by atoms with Crippen LogP contribution in [0.25, 0.3) is 0 Å². The Morgan fingerprint density at radius 2 is 1.77 bits per heavy atom. The van der Waals surface area contributed by atoms with E-state index < -0.39 is 5.54 Å². The molecule has 0 aliphatic carbocycles. The van der Waals surface area contributed by atoms with Gasteiger partial charge in [0.15, 0.2) is 0 Å². The molecule has 0 radical (unpaired) electrons. The largest absolute Gasteiger partial charge is 0.303 e. The highest BCUT2D eigenvalue weighted by Crippen LogP contribution is 2.43. The van der Waals surface area contributed by atoms with Gasteiger partial charge in [0.2, 0.25) is 5.91 Å². The zero-order chi connectivity index (χ0) is 21.7. The Kier molecular flexibility index (Phi) is 6.83. The van der Waals surface area contributed by atoms with Crippen LogP contribution >= 0.6 is 11.3 Å². The normalized spacial score (nSPS) is 16.2. The number of thiophene rings is 1. The average Bonchev–Trinajstić information content (AvgIpc) is 3.34. The molecule has 1 fully saturated rings. The molecule has 2 aromatic carbocycles. The molecule has 1 aliphatic heterocycles. The minimum atomic E-state index is -0.546. The predicted molar refractivity (Wildman–Crippen MR) is 126 cm³/mol. The SMILES string of the molecule is CCC(=O)N(c1ccccc1F)C1(c2ccccc2)CCN(CCc2ccsc2)CC1. The third-order valence-corrected chi connectivity index (χ3v) is 7.10. The smallest absolute Gasteiger partial charge is 0.227 e. The van der Waals surface area contributed by atoms with Gasteiger partial charge in [-0.15, -0.1) is 0 Å². The Hall–Kier alpha value is -2.50. The van der Waals surface area contributed by atoms with E-state index in [0.717, 1.165) is 44.5 Å². The van der Waals surface area contributed by atoms with Crippen molar-refractivity contribution in [2.45, 2.75) is 38.1 Å². The zero-order valence-corrected chi connectivity index (χ0v) is 18.8. The third kappa shape index (κ3) is 4.58. The molecular weight excluding hydrogens is 407 g/mol. The molecule has 0 unspecified atom stereocenters. The molecule has 1 saturated heterocycles. The van der Waals surface area contributed by atoms with E-state index in [1.54, 1.807) is 28.4 Å². The lowest BCUT2D eigenvalue weighted by molar-refractivity contribution is -0.120. The number of hydrogen-bond donors (Lipinski definition) is 0. The van der Waals surface area contributed by atoms with E-state index in [4.69, 9.17) is 0 Å². The Morgan fingerprint density at radius 1 is 1.06 bits per heavy atom. The summed E-state index contributed by atoms with van der Waals surface area (Å²) in [4.78, 5) is 17.5. The van der Waals surface area contributed by atoms with Crippen LogP contribution in [0.3, 0.4) is 0 Å². The Labute approximate surface area is 188 Å². The Bertz CT molecular complexity index is 982. The fourth-order valence-electron chi connectivity index (χ4n) is 4.65. The first-order valence-corrected chi connectivity index (χ1v) is 11.9. The van der Waals surface area contributed by atoms with Crippen molar-refractivity contribution < 1.29 is 9.18 Å². The van der Waals surface area contributed by atoms with Crippen molar-refractivity contribution in [1.29, 1.82) is 0 Å². The van der Waals surface area contributed by atoms with Gasteiger partial charge in [0.05, 0.1) is 11.2 Å². The van der Waals surface area contributed by atoms with Crippen molar-refractivity contribution in [2.24, 2.45) is 0 Å². The average molecular weight is 437 g/mol. The van der Waals surface area contributed by atoms with Gasteiger partial charge in [-0.1, -0.05) is 49.4 Å². The summed E-state index contributed by atoms with van der Waals surface area (Å²) in [5.74, 6) is -0.389. The van der Waals surface area contributed by atoms with Gasteiger partial charge in [-0.25, -0.2) is 4.39 Å². The van der Waals surface area contributed by atoms with E-state index >= 15 is 0 Å². The van der Waals surface area contributed by atoms with Gasteiger partial charge in [0.1, 0.15) is 5.82 Å². The zero-order valence-electron chi connectivity index (χ0n) is 18.0. The number of para-hydroxylation sites is 1. The summed E-state index contributed by atoms with van der Waals surface area (Å²) in [5, 5.41) is 4.33. The van der Waals surface area contributed by atoms with Gasteiger partial charge < -0.3 is 4.90 Å². The number of halogens is 1. The van der Waals surface area contributed by atoms with E-state index in [0.29, 0.717) is 12.1 Å². The first-order chi connectivity index (χ1) is 15.1. The lowest BCUT2D eigenvalue weighted by Gasteiger charge is -2.49. The van der Waals surface area contributed by atoms with Crippen LogP contribution in [0.4, 0.5) is 10.1 Å². The van der Waals surface area contributed by atoms with E-state index in [2.05, 4.69) is 33.9 Å². The lowest BCUT2D eigenvalue weighted by atomic mass is 9.78. The number of likely N-dealkylation sites (tertiary alicyclic amines) is 1. The summed E-state index contributed by atoms with van der Waals surface area (Å²) in [6.07, 6.45) is 2.93. The first kappa shape index (κ1) is 21.7. The third-order valence-electron chi connectivity index (χ3n) is 6.36. The molecular formula is C26H29FN2OS. The number of carbonyl (C=O) groups excluding carboxylic acids is 1. The number of carbonyl (C=O) groups is 1. The monoisotopic (exact) mass is 436 g/mol. The molecule has 3 nitrogen and oxygen atoms in total. The maximum Gasteiger partial charge on any atom is 0.227 e. The van der Waals surface area contributed by atoms with Crippen molar-refractivity contribution >= 4 is 22.9 Å². The van der Waals surface area contributed by atoms with Crippen LogP contribution in [0.5, 0.6) is 0 Å². The van der Waals surface area contributed by atoms with Crippen LogP contribution in [0.2, 0.25) is 0 Å². The number of hydrogen-bond acceptors (Lipinski definition) is 3. The molecule has 0 saturated carbocycles. The van der Waals surface area contributed by atoms with Crippen LogP contribution in [0.15, 0.2) is 71.4 Å². The topological polar surface area (TPSA) is 23.6 Å². The maximum atomic E-state index is 14.9. The first-order valence-electron chi connectivity index (χ1n) is 11.0. The number of rotatable bonds is 7. The molecule has 1 aliphatic rings. The van der Waals surface area contributed by atoms with Crippen LogP contribution < -0.4 is 4.90 Å². The Balaban J connectivity index is 1.66. The molecule has 2 heterocycles. The van der Waals surface area contributed by atoms with Crippen LogP contribution in [0.1, 0.15) is 37.3 Å². The minimum Gasteiger partial charge on any atom is -0.303 e. The maximum absolute atomic E-state index is 14.9.